The van der Waals surface area contributed by atoms with E-state index in [0.717, 1.165) is 0 Å². The normalized spacial score (nSPS) is 9.65. The van der Waals surface area contributed by atoms with Gasteiger partial charge in [-0.25, -0.2) is 10.2 Å². The molecule has 1 aromatic rings. The summed E-state index contributed by atoms with van der Waals surface area (Å²) in [7, 11) is 0. The fourth-order valence-electron chi connectivity index (χ4n) is 1.30. The Kier molecular flexibility index (Phi) is 6.66. The molecule has 110 valence electrons. The average molecular weight is 283 g/mol. The van der Waals surface area contributed by atoms with Crippen LogP contribution in [0.1, 0.15) is 30.3 Å². The molecule has 0 aliphatic heterocycles. The summed E-state index contributed by atoms with van der Waals surface area (Å²) in [4.78, 5) is 33.7. The zero-order chi connectivity index (χ0) is 14.8. The molecule has 0 fully saturated rings. The van der Waals surface area contributed by atoms with E-state index >= 15 is 0 Å². The highest BCUT2D eigenvalue weighted by molar-refractivity contribution is 5.91. The molecule has 1 heterocycles. The van der Waals surface area contributed by atoms with Gasteiger partial charge in [0.25, 0.3) is 5.91 Å². The third-order valence-electron chi connectivity index (χ3n) is 2.19. The van der Waals surface area contributed by atoms with Crippen LogP contribution in [0.25, 0.3) is 0 Å². The van der Waals surface area contributed by atoms with Gasteiger partial charge in [-0.05, 0) is 25.5 Å². The molecule has 0 unspecified atom stereocenters. The van der Waals surface area contributed by atoms with Gasteiger partial charge < -0.3 is 14.5 Å². The molecular weight excluding hydrogens is 266 g/mol. The maximum Gasteiger partial charge on any atom is 0.426 e. The van der Waals surface area contributed by atoms with Crippen LogP contribution in [-0.2, 0) is 9.53 Å². The van der Waals surface area contributed by atoms with Crippen LogP contribution in [0.2, 0.25) is 0 Å². The summed E-state index contributed by atoms with van der Waals surface area (Å²) in [6, 6.07) is 3.16. The van der Waals surface area contributed by atoms with Gasteiger partial charge in [0.05, 0.1) is 12.9 Å². The van der Waals surface area contributed by atoms with E-state index in [4.69, 9.17) is 4.42 Å². The summed E-state index contributed by atoms with van der Waals surface area (Å²) in [5.74, 6) is -0.483. The van der Waals surface area contributed by atoms with Gasteiger partial charge in [-0.15, -0.1) is 0 Å². The fourth-order valence-corrected chi connectivity index (χ4v) is 1.30. The molecule has 0 spiro atoms. The van der Waals surface area contributed by atoms with Crippen LogP contribution in [0, 0.1) is 0 Å². The first-order valence-electron chi connectivity index (χ1n) is 6.16. The lowest BCUT2D eigenvalue weighted by Gasteiger charge is -2.07. The lowest BCUT2D eigenvalue weighted by Crippen LogP contribution is -2.42. The van der Waals surface area contributed by atoms with E-state index in [1.54, 1.807) is 19.1 Å². The zero-order valence-electron chi connectivity index (χ0n) is 11.1. The van der Waals surface area contributed by atoms with Crippen molar-refractivity contribution in [2.45, 2.75) is 19.8 Å². The lowest BCUT2D eigenvalue weighted by atomic mass is 10.3. The topological polar surface area (TPSA) is 110 Å². The second kappa shape index (κ2) is 8.57. The van der Waals surface area contributed by atoms with E-state index in [1.807, 2.05) is 0 Å². The predicted molar refractivity (Wildman–Crippen MR) is 68.6 cm³/mol. The smallest absolute Gasteiger partial charge is 0.426 e. The molecule has 3 amide bonds. The number of rotatable bonds is 6. The van der Waals surface area contributed by atoms with Crippen molar-refractivity contribution in [3.8, 4) is 0 Å². The molecule has 3 N–H and O–H groups in total. The summed E-state index contributed by atoms with van der Waals surface area (Å²) in [5.41, 5.74) is 4.28. The van der Waals surface area contributed by atoms with Crippen LogP contribution in [0.4, 0.5) is 4.79 Å². The number of carbonyl (C=O) groups is 3. The standard InChI is InChI=1S/C12H17N3O5/c1-2-19-12(18)15-14-10(16)6-3-7-13-11(17)9-5-4-8-20-9/h4-5,8H,2-3,6-7H2,1H3,(H,13,17)(H,14,16)(H,15,18). The minimum atomic E-state index is -0.716. The Morgan fingerprint density at radius 2 is 2.10 bits per heavy atom. The first-order valence-corrected chi connectivity index (χ1v) is 6.16. The van der Waals surface area contributed by atoms with Crippen LogP contribution in [0.3, 0.4) is 0 Å². The molecule has 1 aromatic heterocycles. The Morgan fingerprint density at radius 1 is 1.30 bits per heavy atom. The maximum absolute atomic E-state index is 11.5. The molecule has 8 nitrogen and oxygen atoms in total. The summed E-state index contributed by atoms with van der Waals surface area (Å²) in [5, 5.41) is 2.60. The van der Waals surface area contributed by atoms with Crippen molar-refractivity contribution in [2.75, 3.05) is 13.2 Å². The Bertz CT molecular complexity index is 444. The Hall–Kier alpha value is -2.51. The Balaban J connectivity index is 2.07. The molecule has 1 rings (SSSR count). The van der Waals surface area contributed by atoms with E-state index in [-0.39, 0.29) is 30.6 Å². The molecule has 0 radical (unpaired) electrons. The van der Waals surface area contributed by atoms with Crippen LogP contribution in [0.15, 0.2) is 22.8 Å². The van der Waals surface area contributed by atoms with Gasteiger partial charge in [-0.1, -0.05) is 0 Å². The van der Waals surface area contributed by atoms with Crippen molar-refractivity contribution >= 4 is 17.9 Å². The van der Waals surface area contributed by atoms with Crippen molar-refractivity contribution < 1.29 is 23.5 Å². The van der Waals surface area contributed by atoms with Gasteiger partial charge in [0.15, 0.2) is 5.76 Å². The first kappa shape index (κ1) is 15.5. The summed E-state index contributed by atoms with van der Waals surface area (Å²) in [6.45, 7) is 2.20. The molecule has 0 aromatic carbocycles. The van der Waals surface area contributed by atoms with Crippen LogP contribution < -0.4 is 16.2 Å². The van der Waals surface area contributed by atoms with Crippen LogP contribution in [-0.4, -0.2) is 31.1 Å². The largest absolute Gasteiger partial charge is 0.459 e. The molecule has 0 aliphatic carbocycles. The number of furan rings is 1. The van der Waals surface area contributed by atoms with E-state index in [9.17, 15) is 14.4 Å². The van der Waals surface area contributed by atoms with E-state index in [0.29, 0.717) is 13.0 Å². The zero-order valence-corrected chi connectivity index (χ0v) is 11.1. The Morgan fingerprint density at radius 3 is 2.75 bits per heavy atom. The number of hydrogen-bond acceptors (Lipinski definition) is 5. The quantitative estimate of drug-likeness (QED) is 0.522. The maximum atomic E-state index is 11.5. The van der Waals surface area contributed by atoms with Gasteiger partial charge in [0.1, 0.15) is 0 Å². The third kappa shape index (κ3) is 5.89. The number of hydrazine groups is 1. The van der Waals surface area contributed by atoms with Crippen molar-refractivity contribution in [3.63, 3.8) is 0 Å². The summed E-state index contributed by atoms with van der Waals surface area (Å²) < 4.78 is 9.47. The minimum absolute atomic E-state index is 0.158. The highest BCUT2D eigenvalue weighted by Gasteiger charge is 2.08. The van der Waals surface area contributed by atoms with Crippen molar-refractivity contribution in [2.24, 2.45) is 0 Å². The second-order valence-corrected chi connectivity index (χ2v) is 3.73. The van der Waals surface area contributed by atoms with Gasteiger partial charge in [0.2, 0.25) is 5.91 Å². The van der Waals surface area contributed by atoms with Gasteiger partial charge in [-0.2, -0.15) is 0 Å². The number of hydrogen-bond donors (Lipinski definition) is 3. The number of amides is 3. The third-order valence-corrected chi connectivity index (χ3v) is 2.19. The van der Waals surface area contributed by atoms with Crippen molar-refractivity contribution in [1.29, 1.82) is 0 Å². The molecule has 0 bridgehead atoms. The van der Waals surface area contributed by atoms with Gasteiger partial charge in [0, 0.05) is 13.0 Å². The summed E-state index contributed by atoms with van der Waals surface area (Å²) in [6.07, 6.45) is 1.28. The number of nitrogens with one attached hydrogen (secondary N) is 3. The first-order chi connectivity index (χ1) is 9.63. The molecular formula is C12H17N3O5. The van der Waals surface area contributed by atoms with Gasteiger partial charge in [-0.3, -0.25) is 15.0 Å². The number of carbonyl (C=O) groups excluding carboxylic acids is 3. The fraction of sp³-hybridized carbons (Fsp3) is 0.417. The lowest BCUT2D eigenvalue weighted by molar-refractivity contribution is -0.122. The highest BCUT2D eigenvalue weighted by Crippen LogP contribution is 1.99. The van der Waals surface area contributed by atoms with E-state index in [1.165, 1.54) is 6.26 Å². The monoisotopic (exact) mass is 283 g/mol. The molecule has 0 aliphatic rings. The molecule has 0 atom stereocenters. The Labute approximate surface area is 115 Å². The van der Waals surface area contributed by atoms with Crippen LogP contribution >= 0.6 is 0 Å². The van der Waals surface area contributed by atoms with Crippen molar-refractivity contribution in [1.82, 2.24) is 16.2 Å². The highest BCUT2D eigenvalue weighted by atomic mass is 16.5. The van der Waals surface area contributed by atoms with Gasteiger partial charge >= 0.3 is 6.09 Å². The summed E-state index contributed by atoms with van der Waals surface area (Å²) >= 11 is 0. The average Bonchev–Trinajstić information content (AvgIpc) is 2.95. The molecule has 8 heteroatoms. The minimum Gasteiger partial charge on any atom is -0.459 e. The molecule has 0 saturated heterocycles. The van der Waals surface area contributed by atoms with E-state index < -0.39 is 6.09 Å². The number of ether oxygens (including phenoxy) is 1. The van der Waals surface area contributed by atoms with Crippen LogP contribution in [0.5, 0.6) is 0 Å². The molecule has 20 heavy (non-hydrogen) atoms. The predicted octanol–water partition coefficient (Wildman–Crippen LogP) is 0.567. The SMILES string of the molecule is CCOC(=O)NNC(=O)CCCNC(=O)c1ccco1. The second-order valence-electron chi connectivity index (χ2n) is 3.73. The van der Waals surface area contributed by atoms with Crippen molar-refractivity contribution in [3.05, 3.63) is 24.2 Å². The van der Waals surface area contributed by atoms with E-state index in [2.05, 4.69) is 20.9 Å². The molecule has 0 saturated carbocycles.